The number of imidazole rings is 1. The number of aliphatic hydroxyl groups excluding tert-OH is 1. The summed E-state index contributed by atoms with van der Waals surface area (Å²) in [7, 11) is 0. The van der Waals surface area contributed by atoms with Crippen molar-refractivity contribution >= 4 is 5.78 Å². The minimum atomic E-state index is -0.900. The number of aliphatic hydroxyl groups is 1. The maximum absolute atomic E-state index is 13.5. The fraction of sp³-hybridized carbons (Fsp3) is 0.429. The first kappa shape index (κ1) is 24.3. The first-order valence-corrected chi connectivity index (χ1v) is 12.1. The molecule has 180 valence electrons. The zero-order valence-electron chi connectivity index (χ0n) is 20.0. The van der Waals surface area contributed by atoms with Crippen molar-refractivity contribution in [1.29, 1.82) is 0 Å². The number of hydrogen-bond donors (Lipinski definition) is 1. The molecule has 1 N–H and O–H groups in total. The molecule has 3 aromatic rings. The average molecular weight is 467 g/mol. The van der Waals surface area contributed by atoms with Crippen LogP contribution in [0.5, 0.6) is 0 Å². The maximum atomic E-state index is 13.5. The molecule has 4 nitrogen and oxygen atoms in total. The lowest BCUT2D eigenvalue weighted by atomic mass is 9.89. The van der Waals surface area contributed by atoms with Crippen molar-refractivity contribution in [3.05, 3.63) is 76.6 Å². The van der Waals surface area contributed by atoms with Crippen molar-refractivity contribution < 1.29 is 18.7 Å². The fourth-order valence-corrected chi connectivity index (χ4v) is 5.27. The molecule has 1 aromatic heterocycles. The number of fused-ring (bicyclic) bond motifs is 2. The van der Waals surface area contributed by atoms with Crippen molar-refractivity contribution in [1.82, 2.24) is 9.55 Å². The first-order chi connectivity index (χ1) is 16.3. The van der Waals surface area contributed by atoms with Crippen LogP contribution in [0.15, 0.2) is 42.5 Å². The van der Waals surface area contributed by atoms with Crippen molar-refractivity contribution in [3.8, 4) is 11.4 Å². The number of hydrogen-bond acceptors (Lipinski definition) is 3. The normalized spacial score (nSPS) is 19.1. The highest BCUT2D eigenvalue weighted by Crippen LogP contribution is 2.38. The first-order valence-electron chi connectivity index (χ1n) is 12.1. The predicted molar refractivity (Wildman–Crippen MR) is 129 cm³/mol. The van der Waals surface area contributed by atoms with Gasteiger partial charge in [0.15, 0.2) is 17.4 Å². The van der Waals surface area contributed by atoms with Gasteiger partial charge in [-0.1, -0.05) is 44.5 Å². The van der Waals surface area contributed by atoms with E-state index in [2.05, 4.69) is 37.0 Å². The molecule has 0 saturated carbocycles. The van der Waals surface area contributed by atoms with Crippen LogP contribution >= 0.6 is 0 Å². The number of carbonyl (C=O) groups is 1. The third kappa shape index (κ3) is 4.83. The van der Waals surface area contributed by atoms with Crippen LogP contribution < -0.4 is 0 Å². The molecule has 2 unspecified atom stereocenters. The lowest BCUT2D eigenvalue weighted by molar-refractivity contribution is 0.101. The molecule has 1 aliphatic carbocycles. The number of halogens is 2. The second-order valence-corrected chi connectivity index (χ2v) is 9.62. The van der Waals surface area contributed by atoms with Gasteiger partial charge in [0.05, 0.1) is 6.10 Å². The Kier molecular flexibility index (Phi) is 7.27. The van der Waals surface area contributed by atoms with Gasteiger partial charge < -0.3 is 9.67 Å². The van der Waals surface area contributed by atoms with Gasteiger partial charge in [-0.2, -0.15) is 0 Å². The van der Waals surface area contributed by atoms with Crippen molar-refractivity contribution in [2.75, 3.05) is 0 Å². The van der Waals surface area contributed by atoms with E-state index in [1.54, 1.807) is 0 Å². The largest absolute Gasteiger partial charge is 0.392 e. The van der Waals surface area contributed by atoms with E-state index in [-0.39, 0.29) is 11.9 Å². The van der Waals surface area contributed by atoms with Crippen molar-refractivity contribution in [2.45, 2.75) is 71.4 Å². The summed E-state index contributed by atoms with van der Waals surface area (Å²) in [6.07, 6.45) is 4.57. The van der Waals surface area contributed by atoms with Gasteiger partial charge in [0, 0.05) is 30.6 Å². The van der Waals surface area contributed by atoms with Gasteiger partial charge in [-0.3, -0.25) is 4.79 Å². The molecule has 0 fully saturated rings. The van der Waals surface area contributed by atoms with Crippen LogP contribution in [0.2, 0.25) is 0 Å². The Morgan fingerprint density at radius 1 is 1.09 bits per heavy atom. The molecule has 0 spiro atoms. The van der Waals surface area contributed by atoms with Crippen molar-refractivity contribution in [2.24, 2.45) is 5.92 Å². The number of rotatable bonds is 3. The van der Waals surface area contributed by atoms with E-state index in [0.717, 1.165) is 56.5 Å². The van der Waals surface area contributed by atoms with Crippen LogP contribution in [0.25, 0.3) is 11.4 Å². The van der Waals surface area contributed by atoms with Crippen LogP contribution in [0.1, 0.15) is 73.3 Å². The number of ketones is 1. The minimum absolute atomic E-state index is 0.0884. The lowest BCUT2D eigenvalue weighted by Gasteiger charge is -2.19. The molecule has 2 aliphatic rings. The standard InChI is InChI=1S/C16H16F2N2O.C12H16O/c1-10(21)15-14-5-3-2-4-8-20(14)16(19-15)11-6-7-12(17)13(18)9-11;1-8(2)12-10-6-4-3-5-9(10)7-11(12)13/h6-7,9H,2-5,8H2,1H3;3-6,8,11-13H,7H2,1-2H3. The molecule has 6 heteroatoms. The molecule has 0 amide bonds. The Bertz CT molecular complexity index is 1190. The summed E-state index contributed by atoms with van der Waals surface area (Å²) < 4.78 is 28.5. The average Bonchev–Trinajstić information content (AvgIpc) is 3.23. The van der Waals surface area contributed by atoms with Crippen molar-refractivity contribution in [3.63, 3.8) is 0 Å². The quantitative estimate of drug-likeness (QED) is 0.475. The molecule has 2 heterocycles. The van der Waals surface area contributed by atoms with E-state index in [4.69, 9.17) is 0 Å². The maximum Gasteiger partial charge on any atom is 0.179 e. The second kappa shape index (κ2) is 10.2. The van der Waals surface area contributed by atoms with Gasteiger partial charge in [-0.15, -0.1) is 0 Å². The van der Waals surface area contributed by atoms with E-state index >= 15 is 0 Å². The summed E-state index contributed by atoms with van der Waals surface area (Å²) in [5, 5.41) is 9.88. The number of nitrogens with zero attached hydrogens (tertiary/aromatic N) is 2. The molecule has 0 bridgehead atoms. The second-order valence-electron chi connectivity index (χ2n) is 9.62. The lowest BCUT2D eigenvalue weighted by Crippen LogP contribution is -2.18. The number of benzene rings is 2. The highest BCUT2D eigenvalue weighted by atomic mass is 19.2. The van der Waals surface area contributed by atoms with Crippen LogP contribution in [0, 0.1) is 17.6 Å². The summed E-state index contributed by atoms with van der Waals surface area (Å²) in [5.41, 5.74) is 4.56. The predicted octanol–water partition coefficient (Wildman–Crippen LogP) is 6.10. The molecule has 5 rings (SSSR count). The summed E-state index contributed by atoms with van der Waals surface area (Å²) >= 11 is 0. The van der Waals surface area contributed by atoms with Gasteiger partial charge in [-0.25, -0.2) is 13.8 Å². The molecule has 2 aromatic carbocycles. The van der Waals surface area contributed by atoms with Gasteiger partial charge in [0.2, 0.25) is 0 Å². The molecule has 34 heavy (non-hydrogen) atoms. The molecule has 2 atom stereocenters. The molecule has 0 saturated heterocycles. The summed E-state index contributed by atoms with van der Waals surface area (Å²) in [6, 6.07) is 12.1. The summed E-state index contributed by atoms with van der Waals surface area (Å²) in [4.78, 5) is 16.2. The zero-order chi connectivity index (χ0) is 24.4. The van der Waals surface area contributed by atoms with Gasteiger partial charge in [0.1, 0.15) is 11.5 Å². The molecular weight excluding hydrogens is 434 g/mol. The van der Waals surface area contributed by atoms with E-state index in [9.17, 15) is 18.7 Å². The molecular formula is C28H32F2N2O2. The summed E-state index contributed by atoms with van der Waals surface area (Å²) in [6.45, 7) is 6.60. The third-order valence-corrected chi connectivity index (χ3v) is 6.86. The highest BCUT2D eigenvalue weighted by molar-refractivity contribution is 5.94. The highest BCUT2D eigenvalue weighted by Gasteiger charge is 2.32. The monoisotopic (exact) mass is 466 g/mol. The van der Waals surface area contributed by atoms with E-state index in [1.165, 1.54) is 24.1 Å². The zero-order valence-corrected chi connectivity index (χ0v) is 20.0. The molecule has 0 radical (unpaired) electrons. The summed E-state index contributed by atoms with van der Waals surface area (Å²) in [5.74, 6) is -0.448. The SMILES string of the molecule is CC(=O)c1nc(-c2ccc(F)c(F)c2)n2c1CCCCC2.CC(C)C1c2ccccc2CC1O. The topological polar surface area (TPSA) is 55.1 Å². The Balaban J connectivity index is 0.000000180. The smallest absolute Gasteiger partial charge is 0.179 e. The Morgan fingerprint density at radius 3 is 2.56 bits per heavy atom. The van der Waals surface area contributed by atoms with Gasteiger partial charge in [0.25, 0.3) is 0 Å². The van der Waals surface area contributed by atoms with Crippen LogP contribution in [-0.2, 0) is 19.4 Å². The van der Waals surface area contributed by atoms with E-state index in [1.807, 2.05) is 10.6 Å². The number of Topliss-reactive ketones (excluding diaryl/α,β-unsaturated/α-hetero) is 1. The molecule has 1 aliphatic heterocycles. The van der Waals surface area contributed by atoms with Gasteiger partial charge in [-0.05, 0) is 60.9 Å². The minimum Gasteiger partial charge on any atom is -0.392 e. The number of carbonyl (C=O) groups excluding carboxylic acids is 1. The Hall–Kier alpha value is -2.86. The van der Waals surface area contributed by atoms with Crippen LogP contribution in [0.4, 0.5) is 8.78 Å². The Morgan fingerprint density at radius 2 is 1.85 bits per heavy atom. The Labute approximate surface area is 199 Å². The van der Waals surface area contributed by atoms with Gasteiger partial charge >= 0.3 is 0 Å². The number of aromatic nitrogens is 2. The van der Waals surface area contributed by atoms with E-state index < -0.39 is 11.6 Å². The van der Waals surface area contributed by atoms with E-state index in [0.29, 0.717) is 28.9 Å². The van der Waals surface area contributed by atoms with Crippen LogP contribution in [0.3, 0.4) is 0 Å². The fourth-order valence-electron chi connectivity index (χ4n) is 5.27. The third-order valence-electron chi connectivity index (χ3n) is 6.86. The van der Waals surface area contributed by atoms with Crippen LogP contribution in [-0.4, -0.2) is 26.5 Å².